The summed E-state index contributed by atoms with van der Waals surface area (Å²) in [6, 6.07) is 8.79. The van der Waals surface area contributed by atoms with Crippen LogP contribution in [0.1, 0.15) is 65.5 Å². The first-order valence-corrected chi connectivity index (χ1v) is 8.31. The van der Waals surface area contributed by atoms with Crippen LogP contribution in [0.3, 0.4) is 0 Å². The Morgan fingerprint density at radius 3 is 2.05 bits per heavy atom. The van der Waals surface area contributed by atoms with E-state index in [4.69, 9.17) is 0 Å². The fourth-order valence-corrected chi connectivity index (χ4v) is 3.76. The highest BCUT2D eigenvalue weighted by molar-refractivity contribution is 5.26. The molecule has 0 spiro atoms. The molecule has 2 rings (SSSR count). The van der Waals surface area contributed by atoms with E-state index in [0.29, 0.717) is 6.04 Å². The van der Waals surface area contributed by atoms with Crippen LogP contribution in [0.15, 0.2) is 24.3 Å². The Kier molecular flexibility index (Phi) is 4.72. The zero-order valence-electron chi connectivity index (χ0n) is 15.0. The van der Waals surface area contributed by atoms with Crippen molar-refractivity contribution in [2.24, 2.45) is 0 Å². The molecular weight excluding hydrogens is 272 g/mol. The molecule has 1 fully saturated rings. The van der Waals surface area contributed by atoms with Crippen LogP contribution in [0.5, 0.6) is 0 Å². The first-order chi connectivity index (χ1) is 9.97. The molecule has 0 amide bonds. The lowest BCUT2D eigenvalue weighted by atomic mass is 9.79. The predicted octanol–water partition coefficient (Wildman–Crippen LogP) is 3.31. The molecule has 1 aliphatic heterocycles. The summed E-state index contributed by atoms with van der Waals surface area (Å²) in [6.07, 6.45) is 2.27. The summed E-state index contributed by atoms with van der Waals surface area (Å²) >= 11 is 0. The molecule has 1 aromatic rings. The van der Waals surface area contributed by atoms with E-state index < -0.39 is 5.60 Å². The van der Waals surface area contributed by atoms with Crippen LogP contribution in [0, 0.1) is 0 Å². The summed E-state index contributed by atoms with van der Waals surface area (Å²) in [6.45, 7) is 13.6. The third-order valence-electron chi connectivity index (χ3n) is 4.45. The van der Waals surface area contributed by atoms with E-state index in [9.17, 15) is 5.11 Å². The Hall–Kier alpha value is -0.900. The largest absolute Gasteiger partial charge is 0.386 e. The number of rotatable bonds is 4. The quantitative estimate of drug-likeness (QED) is 0.799. The lowest BCUT2D eigenvalue weighted by Crippen LogP contribution is -2.61. The van der Waals surface area contributed by atoms with Crippen molar-refractivity contribution in [2.45, 2.75) is 83.6 Å². The number of nitrogens with one attached hydrogen (secondary N) is 2. The summed E-state index contributed by atoms with van der Waals surface area (Å²) in [5.74, 6) is 0. The van der Waals surface area contributed by atoms with Gasteiger partial charge in [0.25, 0.3) is 0 Å². The highest BCUT2D eigenvalue weighted by Gasteiger charge is 2.37. The van der Waals surface area contributed by atoms with Gasteiger partial charge in [0, 0.05) is 23.7 Å². The van der Waals surface area contributed by atoms with E-state index >= 15 is 0 Å². The van der Waals surface area contributed by atoms with Gasteiger partial charge in [0.15, 0.2) is 0 Å². The smallest absolute Gasteiger partial charge is 0.0840 e. The second-order valence-corrected chi connectivity index (χ2v) is 8.63. The van der Waals surface area contributed by atoms with Gasteiger partial charge in [-0.1, -0.05) is 24.3 Å². The molecule has 1 aromatic carbocycles. The van der Waals surface area contributed by atoms with Crippen molar-refractivity contribution < 1.29 is 5.11 Å². The van der Waals surface area contributed by atoms with Gasteiger partial charge in [-0.3, -0.25) is 0 Å². The van der Waals surface area contributed by atoms with Gasteiger partial charge >= 0.3 is 0 Å². The molecule has 3 nitrogen and oxygen atoms in total. The van der Waals surface area contributed by atoms with Crippen LogP contribution >= 0.6 is 0 Å². The van der Waals surface area contributed by atoms with E-state index in [0.717, 1.165) is 24.9 Å². The maximum atomic E-state index is 10.0. The van der Waals surface area contributed by atoms with Gasteiger partial charge in [0.05, 0.1) is 5.60 Å². The van der Waals surface area contributed by atoms with Crippen LogP contribution in [0.4, 0.5) is 0 Å². The molecule has 0 bridgehead atoms. The zero-order chi connectivity index (χ0) is 16.6. The van der Waals surface area contributed by atoms with Crippen molar-refractivity contribution in [3.63, 3.8) is 0 Å². The standard InChI is InChI=1S/C19H32N2O/c1-17(2)11-16(12-18(3,4)21-17)20-13-14-7-9-15(10-8-14)19(5,6)22/h7-10,16,20-22H,11-13H2,1-6H3. The van der Waals surface area contributed by atoms with Crippen LogP contribution in [0.25, 0.3) is 0 Å². The fraction of sp³-hybridized carbons (Fsp3) is 0.684. The molecular formula is C19H32N2O. The van der Waals surface area contributed by atoms with Crippen LogP contribution < -0.4 is 10.6 Å². The number of benzene rings is 1. The molecule has 124 valence electrons. The van der Waals surface area contributed by atoms with Crippen LogP contribution in [0.2, 0.25) is 0 Å². The summed E-state index contributed by atoms with van der Waals surface area (Å²) < 4.78 is 0. The normalized spacial score (nSPS) is 21.8. The minimum atomic E-state index is -0.769. The Morgan fingerprint density at radius 1 is 1.09 bits per heavy atom. The number of hydrogen-bond donors (Lipinski definition) is 3. The molecule has 3 heteroatoms. The molecule has 22 heavy (non-hydrogen) atoms. The van der Waals surface area contributed by atoms with Gasteiger partial charge in [0.2, 0.25) is 0 Å². The third-order valence-corrected chi connectivity index (χ3v) is 4.45. The van der Waals surface area contributed by atoms with E-state index in [-0.39, 0.29) is 11.1 Å². The molecule has 3 N–H and O–H groups in total. The van der Waals surface area contributed by atoms with E-state index in [1.165, 1.54) is 5.56 Å². The molecule has 1 heterocycles. The SMILES string of the molecule is CC1(C)CC(NCc2ccc(C(C)(C)O)cc2)CC(C)(C)N1. The predicted molar refractivity (Wildman–Crippen MR) is 92.8 cm³/mol. The molecule has 0 saturated carbocycles. The highest BCUT2D eigenvalue weighted by atomic mass is 16.3. The lowest BCUT2D eigenvalue weighted by Gasteiger charge is -2.46. The molecule has 0 unspecified atom stereocenters. The summed E-state index contributed by atoms with van der Waals surface area (Å²) in [5, 5.41) is 17.4. The van der Waals surface area contributed by atoms with Gasteiger partial charge in [0.1, 0.15) is 0 Å². The van der Waals surface area contributed by atoms with Crippen LogP contribution in [-0.2, 0) is 12.1 Å². The maximum absolute atomic E-state index is 10.0. The van der Waals surface area contributed by atoms with E-state index in [2.05, 4.69) is 50.5 Å². The lowest BCUT2D eigenvalue weighted by molar-refractivity contribution is 0.0785. The molecule has 0 radical (unpaired) electrons. The highest BCUT2D eigenvalue weighted by Crippen LogP contribution is 2.28. The van der Waals surface area contributed by atoms with Crippen molar-refractivity contribution in [3.8, 4) is 0 Å². The Balaban J connectivity index is 1.95. The number of aliphatic hydroxyl groups is 1. The van der Waals surface area contributed by atoms with Crippen molar-refractivity contribution in [1.82, 2.24) is 10.6 Å². The summed E-state index contributed by atoms with van der Waals surface area (Å²) in [7, 11) is 0. The Morgan fingerprint density at radius 2 is 1.59 bits per heavy atom. The number of piperidine rings is 1. The second-order valence-electron chi connectivity index (χ2n) is 8.63. The fourth-order valence-electron chi connectivity index (χ4n) is 3.76. The molecule has 0 atom stereocenters. The summed E-state index contributed by atoms with van der Waals surface area (Å²) in [5.41, 5.74) is 1.80. The van der Waals surface area contributed by atoms with Gasteiger partial charge in [-0.15, -0.1) is 0 Å². The van der Waals surface area contributed by atoms with Crippen molar-refractivity contribution in [1.29, 1.82) is 0 Å². The molecule has 1 saturated heterocycles. The molecule has 0 aromatic heterocycles. The van der Waals surface area contributed by atoms with Crippen molar-refractivity contribution in [2.75, 3.05) is 0 Å². The molecule has 1 aliphatic rings. The van der Waals surface area contributed by atoms with Gasteiger partial charge in [-0.05, 0) is 65.5 Å². The van der Waals surface area contributed by atoms with Crippen LogP contribution in [-0.4, -0.2) is 22.2 Å². The van der Waals surface area contributed by atoms with Gasteiger partial charge in [-0.25, -0.2) is 0 Å². The van der Waals surface area contributed by atoms with Gasteiger partial charge in [-0.2, -0.15) is 0 Å². The first-order valence-electron chi connectivity index (χ1n) is 8.31. The van der Waals surface area contributed by atoms with E-state index in [1.807, 2.05) is 26.0 Å². The number of hydrogen-bond acceptors (Lipinski definition) is 3. The Labute approximate surface area is 135 Å². The second kappa shape index (κ2) is 5.95. The average Bonchev–Trinajstić information content (AvgIpc) is 2.32. The minimum absolute atomic E-state index is 0.171. The molecule has 0 aliphatic carbocycles. The summed E-state index contributed by atoms with van der Waals surface area (Å²) in [4.78, 5) is 0. The maximum Gasteiger partial charge on any atom is 0.0840 e. The third kappa shape index (κ3) is 4.80. The van der Waals surface area contributed by atoms with Gasteiger partial charge < -0.3 is 15.7 Å². The Bertz CT molecular complexity index is 481. The monoisotopic (exact) mass is 304 g/mol. The topological polar surface area (TPSA) is 44.3 Å². The minimum Gasteiger partial charge on any atom is -0.386 e. The van der Waals surface area contributed by atoms with Crippen molar-refractivity contribution in [3.05, 3.63) is 35.4 Å². The van der Waals surface area contributed by atoms with Crippen molar-refractivity contribution >= 4 is 0 Å². The average molecular weight is 304 g/mol. The van der Waals surface area contributed by atoms with E-state index in [1.54, 1.807) is 0 Å². The zero-order valence-corrected chi connectivity index (χ0v) is 15.0. The first kappa shape index (κ1) is 17.5.